The highest BCUT2D eigenvalue weighted by Gasteiger charge is 2.30. The summed E-state index contributed by atoms with van der Waals surface area (Å²) in [5, 5.41) is 18.7. The Morgan fingerprint density at radius 2 is 1.61 bits per heavy atom. The predicted octanol–water partition coefficient (Wildman–Crippen LogP) is 3.16. The number of halogens is 2. The van der Waals surface area contributed by atoms with Crippen LogP contribution in [0.5, 0.6) is 0 Å². The fraction of sp³-hybridized carbons (Fsp3) is 0.409. The van der Waals surface area contributed by atoms with Crippen LogP contribution in [0.2, 0.25) is 0 Å². The second kappa shape index (κ2) is 7.65. The van der Waals surface area contributed by atoms with Crippen LogP contribution in [0.25, 0.3) is 0 Å². The van der Waals surface area contributed by atoms with Crippen molar-refractivity contribution >= 4 is 22.0 Å². The average molecular weight is 452 g/mol. The third-order valence-corrected chi connectivity index (χ3v) is 7.68. The molecule has 5 N–H and O–H groups in total. The second-order valence-corrected chi connectivity index (χ2v) is 10.8. The highest BCUT2D eigenvalue weighted by molar-refractivity contribution is 7.99. The van der Waals surface area contributed by atoms with Crippen LogP contribution >= 0.6 is 0 Å². The van der Waals surface area contributed by atoms with E-state index in [1.807, 2.05) is 0 Å². The summed E-state index contributed by atoms with van der Waals surface area (Å²) in [6.07, 6.45) is 4.14. The molecule has 0 heterocycles. The maximum Gasteiger partial charge on any atom is 0.330 e. The molecule has 0 atom stereocenters. The molecular formula is C22H27F2N3O3S. The van der Waals surface area contributed by atoms with Crippen molar-refractivity contribution in [3.63, 3.8) is 0 Å². The number of thiol groups is 1. The number of nitrogens with one attached hydrogen (secondary N) is 2. The first-order valence-corrected chi connectivity index (χ1v) is 12.1. The molecule has 2 amide bonds. The van der Waals surface area contributed by atoms with E-state index in [0.717, 1.165) is 30.0 Å². The van der Waals surface area contributed by atoms with Crippen molar-refractivity contribution in [2.45, 2.75) is 62.9 Å². The minimum Gasteiger partial charge on any atom is -0.386 e. The monoisotopic (exact) mass is 451 g/mol. The summed E-state index contributed by atoms with van der Waals surface area (Å²) < 4.78 is 44.5. The molecule has 2 aliphatic carbocycles. The third-order valence-electron chi connectivity index (χ3n) is 6.09. The van der Waals surface area contributed by atoms with Crippen LogP contribution < -0.4 is 15.2 Å². The van der Waals surface area contributed by atoms with Crippen molar-refractivity contribution in [2.75, 3.05) is 5.32 Å². The van der Waals surface area contributed by atoms with Crippen LogP contribution in [-0.4, -0.2) is 15.3 Å². The number of nitrogens with two attached hydrogens (primary N) is 1. The minimum absolute atomic E-state index is 0.166. The van der Waals surface area contributed by atoms with Crippen LogP contribution in [0.1, 0.15) is 54.5 Å². The molecule has 6 nitrogen and oxygen atoms in total. The summed E-state index contributed by atoms with van der Waals surface area (Å²) in [5.41, 5.74) is 2.38. The van der Waals surface area contributed by atoms with E-state index < -0.39 is 27.8 Å². The largest absolute Gasteiger partial charge is 0.386 e. The van der Waals surface area contributed by atoms with Gasteiger partial charge in [-0.25, -0.2) is 17.8 Å². The Hall–Kier alpha value is -2.36. The molecular weight excluding hydrogens is 424 g/mol. The summed E-state index contributed by atoms with van der Waals surface area (Å²) in [6, 6.07) is 2.78. The van der Waals surface area contributed by atoms with E-state index in [-0.39, 0.29) is 10.7 Å². The fourth-order valence-corrected chi connectivity index (χ4v) is 5.74. The first-order valence-electron chi connectivity index (χ1n) is 10.3. The zero-order chi connectivity index (χ0) is 22.6. The third kappa shape index (κ3) is 3.97. The van der Waals surface area contributed by atoms with Gasteiger partial charge in [0.05, 0.1) is 10.5 Å². The van der Waals surface area contributed by atoms with Gasteiger partial charge in [0.15, 0.2) is 0 Å². The fourth-order valence-electron chi connectivity index (χ4n) is 4.54. The molecule has 0 bridgehead atoms. The molecule has 0 saturated carbocycles. The number of carbonyl (C=O) groups is 1. The Labute approximate surface area is 180 Å². The molecule has 2 aromatic carbocycles. The molecule has 0 spiro atoms. The molecule has 2 aliphatic rings. The van der Waals surface area contributed by atoms with Crippen LogP contribution in [0, 0.1) is 11.6 Å². The number of fused-ring (bicyclic) bond motifs is 2. The van der Waals surface area contributed by atoms with E-state index in [2.05, 4.69) is 10.0 Å². The van der Waals surface area contributed by atoms with Gasteiger partial charge >= 0.3 is 6.03 Å². The Bertz CT molecular complexity index is 1090. The van der Waals surface area contributed by atoms with E-state index in [1.54, 1.807) is 0 Å². The van der Waals surface area contributed by atoms with Gasteiger partial charge in [0.25, 0.3) is 0 Å². The van der Waals surface area contributed by atoms with Gasteiger partial charge in [0.1, 0.15) is 11.6 Å². The Balaban J connectivity index is 1.63. The van der Waals surface area contributed by atoms with Crippen LogP contribution in [0.3, 0.4) is 0 Å². The Morgan fingerprint density at radius 1 is 1.06 bits per heavy atom. The number of hydrogen-bond acceptors (Lipinski definition) is 3. The van der Waals surface area contributed by atoms with Gasteiger partial charge in [0, 0.05) is 16.0 Å². The number of anilines is 1. The van der Waals surface area contributed by atoms with Crippen LogP contribution in [0.15, 0.2) is 23.1 Å². The molecule has 168 valence electrons. The SMILES string of the molecule is CC(C)(O)c1ccc(F)c([SH](N)(=O)NC(=O)Nc2c3c(c(F)c4c2CCC4)CCC3)c1. The summed E-state index contributed by atoms with van der Waals surface area (Å²) in [6.45, 7) is 3.00. The van der Waals surface area contributed by atoms with Gasteiger partial charge in [-0.2, -0.15) is 0 Å². The number of hydrogen-bond donors (Lipinski definition) is 5. The quantitative estimate of drug-likeness (QED) is 0.461. The van der Waals surface area contributed by atoms with E-state index in [4.69, 9.17) is 5.14 Å². The maximum absolute atomic E-state index is 14.8. The number of amides is 2. The van der Waals surface area contributed by atoms with Crippen molar-refractivity contribution in [1.82, 2.24) is 4.72 Å². The summed E-state index contributed by atoms with van der Waals surface area (Å²) in [4.78, 5) is 12.4. The summed E-state index contributed by atoms with van der Waals surface area (Å²) in [5.74, 6) is -1.01. The van der Waals surface area contributed by atoms with Crippen molar-refractivity contribution in [3.05, 3.63) is 57.7 Å². The minimum atomic E-state index is -4.14. The lowest BCUT2D eigenvalue weighted by molar-refractivity contribution is 0.0782. The standard InChI is InChI=1S/C22H27F2N3O3S/c1-22(2,29)12-9-10-17(23)18(11-12)31(25,30)27-21(28)26-20-15-7-3-5-13(15)19(24)14-6-4-8-16(14)20/h9-11,29,31H,3-8H2,1-2H3,(H4,25,26,27,28,30). The van der Waals surface area contributed by atoms with Crippen LogP contribution in [-0.2, 0) is 41.6 Å². The molecule has 31 heavy (non-hydrogen) atoms. The van der Waals surface area contributed by atoms with Crippen LogP contribution in [0.4, 0.5) is 19.3 Å². The molecule has 0 fully saturated rings. The topological polar surface area (TPSA) is 104 Å². The lowest BCUT2D eigenvalue weighted by Gasteiger charge is -2.25. The predicted molar refractivity (Wildman–Crippen MR) is 116 cm³/mol. The molecule has 0 radical (unpaired) electrons. The summed E-state index contributed by atoms with van der Waals surface area (Å²) in [7, 11) is -4.14. The van der Waals surface area contributed by atoms with E-state index in [9.17, 15) is 22.9 Å². The van der Waals surface area contributed by atoms with Crippen molar-refractivity contribution in [1.29, 1.82) is 0 Å². The Morgan fingerprint density at radius 3 is 2.16 bits per heavy atom. The summed E-state index contributed by atoms with van der Waals surface area (Å²) >= 11 is 0. The molecule has 2 aromatic rings. The number of benzene rings is 2. The van der Waals surface area contributed by atoms with Gasteiger partial charge in [-0.05, 0) is 92.3 Å². The van der Waals surface area contributed by atoms with E-state index >= 15 is 0 Å². The number of rotatable bonds is 4. The molecule has 0 aliphatic heterocycles. The molecule has 0 aromatic heterocycles. The normalized spacial score (nSPS) is 16.1. The molecule has 4 rings (SSSR count). The van der Waals surface area contributed by atoms with Gasteiger partial charge in [-0.3, -0.25) is 9.86 Å². The van der Waals surface area contributed by atoms with Gasteiger partial charge in [-0.1, -0.05) is 6.07 Å². The van der Waals surface area contributed by atoms with E-state index in [1.165, 1.54) is 26.0 Å². The first kappa shape index (κ1) is 21.9. The zero-order valence-electron chi connectivity index (χ0n) is 17.5. The lowest BCUT2D eigenvalue weighted by Crippen LogP contribution is -2.45. The Kier molecular flexibility index (Phi) is 5.39. The van der Waals surface area contributed by atoms with Gasteiger partial charge < -0.3 is 10.4 Å². The van der Waals surface area contributed by atoms with Crippen molar-refractivity contribution in [3.8, 4) is 0 Å². The highest BCUT2D eigenvalue weighted by atomic mass is 32.3. The number of urea groups is 1. The van der Waals surface area contributed by atoms with Gasteiger partial charge in [0.2, 0.25) is 0 Å². The number of aliphatic hydroxyl groups is 1. The second-order valence-electron chi connectivity index (χ2n) is 8.76. The average Bonchev–Trinajstić information content (AvgIpc) is 3.34. The molecule has 0 unspecified atom stereocenters. The molecule has 0 saturated heterocycles. The van der Waals surface area contributed by atoms with Gasteiger partial charge in [-0.15, -0.1) is 0 Å². The zero-order valence-corrected chi connectivity index (χ0v) is 18.4. The lowest BCUT2D eigenvalue weighted by atomic mass is 9.98. The van der Waals surface area contributed by atoms with Crippen molar-refractivity contribution in [2.24, 2.45) is 5.14 Å². The first-order chi connectivity index (χ1) is 14.5. The van der Waals surface area contributed by atoms with E-state index in [0.29, 0.717) is 48.1 Å². The van der Waals surface area contributed by atoms with Crippen molar-refractivity contribution < 1.29 is 22.9 Å². The maximum atomic E-state index is 14.8. The highest BCUT2D eigenvalue weighted by Crippen LogP contribution is 2.41. The molecule has 9 heteroatoms. The smallest absolute Gasteiger partial charge is 0.330 e. The number of carbonyl (C=O) groups excluding carboxylic acids is 1.